The van der Waals surface area contributed by atoms with Crippen LogP contribution in [0.3, 0.4) is 0 Å². The minimum absolute atomic E-state index is 0. The summed E-state index contributed by atoms with van der Waals surface area (Å²) in [7, 11) is 0. The minimum atomic E-state index is -0.213. The molecular weight excluding hydrogens is 174 g/mol. The van der Waals surface area contributed by atoms with Gasteiger partial charge >= 0.3 is 5.97 Å². The topological polar surface area (TPSA) is 38.3 Å². The summed E-state index contributed by atoms with van der Waals surface area (Å²) >= 11 is 1.74. The van der Waals surface area contributed by atoms with Gasteiger partial charge in [-0.05, 0) is 0 Å². The van der Waals surface area contributed by atoms with E-state index < -0.39 is 0 Å². The first-order valence-electron chi connectivity index (χ1n) is 2.77. The van der Waals surface area contributed by atoms with Crippen molar-refractivity contribution in [1.82, 2.24) is 5.32 Å². The fourth-order valence-corrected chi connectivity index (χ4v) is 1.47. The summed E-state index contributed by atoms with van der Waals surface area (Å²) in [5.74, 6) is 1.55. The quantitative estimate of drug-likeness (QED) is 0.604. The Kier molecular flexibility index (Phi) is 4.85. The summed E-state index contributed by atoms with van der Waals surface area (Å²) in [6.07, 6.45) is -0.0486. The molecule has 60 valence electrons. The van der Waals surface area contributed by atoms with E-state index in [-0.39, 0.29) is 24.6 Å². The molecule has 1 aliphatic rings. The van der Waals surface area contributed by atoms with Gasteiger partial charge in [-0.3, -0.25) is 10.1 Å². The molecule has 1 atom stereocenters. The Labute approximate surface area is 70.3 Å². The minimum Gasteiger partial charge on any atom is -0.446 e. The Balaban J connectivity index is 0.000000810. The van der Waals surface area contributed by atoms with E-state index in [2.05, 4.69) is 5.32 Å². The number of esters is 1. The third-order valence-corrected chi connectivity index (χ3v) is 1.90. The zero-order chi connectivity index (χ0) is 6.69. The highest BCUT2D eigenvalue weighted by Crippen LogP contribution is 2.09. The van der Waals surface area contributed by atoms with Gasteiger partial charge in [-0.2, -0.15) is 0 Å². The van der Waals surface area contributed by atoms with Gasteiger partial charge in [0.25, 0.3) is 0 Å². The predicted molar refractivity (Wildman–Crippen MR) is 43.3 cm³/mol. The molecular formula is C5H10ClNO2S. The van der Waals surface area contributed by atoms with Crippen LogP contribution in [0.1, 0.15) is 6.92 Å². The van der Waals surface area contributed by atoms with Crippen LogP contribution in [0.4, 0.5) is 0 Å². The first-order chi connectivity index (χ1) is 4.29. The van der Waals surface area contributed by atoms with Crippen LogP contribution in [0.2, 0.25) is 0 Å². The van der Waals surface area contributed by atoms with Crippen molar-refractivity contribution < 1.29 is 9.53 Å². The van der Waals surface area contributed by atoms with E-state index in [4.69, 9.17) is 4.74 Å². The second-order valence-corrected chi connectivity index (χ2v) is 2.85. The molecule has 0 aromatic heterocycles. The Bertz CT molecular complexity index is 116. The molecule has 3 nitrogen and oxygen atoms in total. The molecule has 0 aromatic carbocycles. The van der Waals surface area contributed by atoms with Gasteiger partial charge in [-0.1, -0.05) is 0 Å². The van der Waals surface area contributed by atoms with Crippen LogP contribution in [-0.2, 0) is 9.53 Å². The fraction of sp³-hybridized carbons (Fsp3) is 0.800. The second kappa shape index (κ2) is 4.82. The van der Waals surface area contributed by atoms with E-state index in [9.17, 15) is 4.79 Å². The van der Waals surface area contributed by atoms with E-state index >= 15 is 0 Å². The first kappa shape index (κ1) is 10.1. The molecule has 0 spiro atoms. The van der Waals surface area contributed by atoms with Crippen LogP contribution in [-0.4, -0.2) is 23.8 Å². The van der Waals surface area contributed by atoms with Crippen LogP contribution < -0.4 is 5.32 Å². The van der Waals surface area contributed by atoms with E-state index in [1.807, 2.05) is 0 Å². The smallest absolute Gasteiger partial charge is 0.304 e. The maximum absolute atomic E-state index is 10.3. The van der Waals surface area contributed by atoms with Crippen molar-refractivity contribution in [2.24, 2.45) is 0 Å². The Morgan fingerprint density at radius 3 is 2.90 bits per heavy atom. The monoisotopic (exact) mass is 183 g/mol. The zero-order valence-electron chi connectivity index (χ0n) is 5.62. The van der Waals surface area contributed by atoms with Crippen molar-refractivity contribution in [2.45, 2.75) is 13.2 Å². The molecule has 1 unspecified atom stereocenters. The number of hydrogen-bond donors (Lipinski definition) is 1. The third-order valence-electron chi connectivity index (χ3n) is 0.991. The van der Waals surface area contributed by atoms with Crippen LogP contribution in [0.25, 0.3) is 0 Å². The van der Waals surface area contributed by atoms with Crippen LogP contribution >= 0.6 is 24.2 Å². The molecule has 0 aliphatic carbocycles. The molecule has 0 aromatic rings. The van der Waals surface area contributed by atoms with Gasteiger partial charge in [0.05, 0.1) is 0 Å². The summed E-state index contributed by atoms with van der Waals surface area (Å²) < 4.78 is 4.84. The lowest BCUT2D eigenvalue weighted by Gasteiger charge is -2.07. The molecule has 5 heteroatoms. The highest BCUT2D eigenvalue weighted by atomic mass is 35.5. The molecule has 0 radical (unpaired) electrons. The molecule has 1 heterocycles. The number of nitrogens with one attached hydrogen (secondary N) is 1. The van der Waals surface area contributed by atoms with E-state index in [1.165, 1.54) is 6.92 Å². The SMILES string of the molecule is CC(=O)OC1CSCN1.Cl. The highest BCUT2D eigenvalue weighted by molar-refractivity contribution is 7.99. The maximum Gasteiger partial charge on any atom is 0.304 e. The lowest BCUT2D eigenvalue weighted by atomic mass is 10.6. The molecule has 0 saturated carbocycles. The lowest BCUT2D eigenvalue weighted by Crippen LogP contribution is -2.28. The number of rotatable bonds is 1. The van der Waals surface area contributed by atoms with Crippen molar-refractivity contribution in [3.63, 3.8) is 0 Å². The molecule has 0 amide bonds. The van der Waals surface area contributed by atoms with Gasteiger partial charge in [0.2, 0.25) is 0 Å². The van der Waals surface area contributed by atoms with Gasteiger partial charge in [-0.25, -0.2) is 0 Å². The third kappa shape index (κ3) is 3.29. The molecule has 0 bridgehead atoms. The largest absolute Gasteiger partial charge is 0.446 e. The van der Waals surface area contributed by atoms with Crippen LogP contribution in [0.15, 0.2) is 0 Å². The number of hydrogen-bond acceptors (Lipinski definition) is 4. The molecule has 1 N–H and O–H groups in total. The fourth-order valence-electron chi connectivity index (χ4n) is 0.653. The second-order valence-electron chi connectivity index (χ2n) is 1.82. The normalized spacial score (nSPS) is 23.5. The van der Waals surface area contributed by atoms with Crippen molar-refractivity contribution in [1.29, 1.82) is 0 Å². The van der Waals surface area contributed by atoms with Gasteiger partial charge in [0, 0.05) is 18.6 Å². The van der Waals surface area contributed by atoms with E-state index in [0.717, 1.165) is 11.6 Å². The summed E-state index contributed by atoms with van der Waals surface area (Å²) in [6, 6.07) is 0. The highest BCUT2D eigenvalue weighted by Gasteiger charge is 2.15. The van der Waals surface area contributed by atoms with Gasteiger partial charge < -0.3 is 4.74 Å². The molecule has 1 fully saturated rings. The lowest BCUT2D eigenvalue weighted by molar-refractivity contribution is -0.146. The zero-order valence-corrected chi connectivity index (χ0v) is 7.26. The van der Waals surface area contributed by atoms with Crippen LogP contribution in [0.5, 0.6) is 0 Å². The molecule has 1 rings (SSSR count). The van der Waals surface area contributed by atoms with Gasteiger partial charge in [0.1, 0.15) is 0 Å². The number of carbonyl (C=O) groups is 1. The summed E-state index contributed by atoms with van der Waals surface area (Å²) in [5, 5.41) is 3.01. The average molecular weight is 184 g/mol. The molecule has 1 saturated heterocycles. The summed E-state index contributed by atoms with van der Waals surface area (Å²) in [4.78, 5) is 10.3. The number of thioether (sulfide) groups is 1. The first-order valence-corrected chi connectivity index (χ1v) is 3.93. The Morgan fingerprint density at radius 1 is 1.80 bits per heavy atom. The number of halogens is 1. The van der Waals surface area contributed by atoms with E-state index in [1.54, 1.807) is 11.8 Å². The van der Waals surface area contributed by atoms with Crippen LogP contribution in [0, 0.1) is 0 Å². The van der Waals surface area contributed by atoms with Gasteiger partial charge in [0.15, 0.2) is 6.23 Å². The van der Waals surface area contributed by atoms with Crippen molar-refractivity contribution in [2.75, 3.05) is 11.6 Å². The molecule has 1 aliphatic heterocycles. The maximum atomic E-state index is 10.3. The average Bonchev–Trinajstić information content (AvgIpc) is 2.15. The molecule has 10 heavy (non-hydrogen) atoms. The standard InChI is InChI=1S/C5H9NO2S.ClH/c1-4(7)8-5-2-9-3-6-5;/h5-6H,2-3H2,1H3;1H. The summed E-state index contributed by atoms with van der Waals surface area (Å²) in [6.45, 7) is 1.42. The Morgan fingerprint density at radius 2 is 2.50 bits per heavy atom. The number of carbonyl (C=O) groups excluding carboxylic acids is 1. The predicted octanol–water partition coefficient (Wildman–Crippen LogP) is 0.591. The van der Waals surface area contributed by atoms with Crippen molar-refractivity contribution >= 4 is 30.1 Å². The summed E-state index contributed by atoms with van der Waals surface area (Å²) in [5.41, 5.74) is 0. The Hall–Kier alpha value is 0.0700. The number of ether oxygens (including phenoxy) is 1. The van der Waals surface area contributed by atoms with Gasteiger partial charge in [-0.15, -0.1) is 24.2 Å². The van der Waals surface area contributed by atoms with Crippen molar-refractivity contribution in [3.8, 4) is 0 Å². The van der Waals surface area contributed by atoms with E-state index in [0.29, 0.717) is 0 Å². The van der Waals surface area contributed by atoms with Crippen molar-refractivity contribution in [3.05, 3.63) is 0 Å².